The van der Waals surface area contributed by atoms with Crippen LogP contribution in [-0.4, -0.2) is 23.0 Å². The molecule has 0 spiro atoms. The molecule has 0 amide bonds. The molecule has 18 heavy (non-hydrogen) atoms. The summed E-state index contributed by atoms with van der Waals surface area (Å²) in [5, 5.41) is 17.5. The average molecular weight is 247 g/mol. The molecule has 0 saturated carbocycles. The molecule has 0 unspecified atom stereocenters. The maximum atomic E-state index is 10.3. The Balaban J connectivity index is 2.84. The normalized spacial score (nSPS) is 15.5. The predicted octanol–water partition coefficient (Wildman–Crippen LogP) is 3.19. The highest BCUT2D eigenvalue weighted by molar-refractivity contribution is 5.74. The van der Waals surface area contributed by atoms with Gasteiger partial charge in [0.2, 0.25) is 0 Å². The van der Waals surface area contributed by atoms with Crippen molar-refractivity contribution in [3.05, 3.63) is 42.5 Å². The molecular formula is C15H21NO2. The Hall–Kier alpha value is -1.61. The quantitative estimate of drug-likeness (QED) is 0.727. The molecule has 0 fully saturated rings. The van der Waals surface area contributed by atoms with E-state index in [2.05, 4.69) is 6.58 Å². The molecular weight excluding hydrogens is 226 g/mol. The Bertz CT molecular complexity index is 398. The second-order valence-electron chi connectivity index (χ2n) is 4.64. The molecule has 3 heteroatoms. The van der Waals surface area contributed by atoms with Crippen molar-refractivity contribution in [3.8, 4) is 5.75 Å². The fourth-order valence-electron chi connectivity index (χ4n) is 1.58. The second-order valence-corrected chi connectivity index (χ2v) is 4.64. The van der Waals surface area contributed by atoms with E-state index in [-0.39, 0.29) is 0 Å². The monoisotopic (exact) mass is 247 g/mol. The number of aliphatic hydroxyl groups is 1. The van der Waals surface area contributed by atoms with E-state index in [0.29, 0.717) is 24.2 Å². The summed E-state index contributed by atoms with van der Waals surface area (Å²) in [6.45, 7) is 7.43. The van der Waals surface area contributed by atoms with Gasteiger partial charge in [-0.25, -0.2) is 0 Å². The van der Waals surface area contributed by atoms with E-state index in [9.17, 15) is 5.11 Å². The zero-order chi connectivity index (χ0) is 13.6. The largest absolute Gasteiger partial charge is 0.487 e. The van der Waals surface area contributed by atoms with Gasteiger partial charge in [-0.15, -0.1) is 0 Å². The molecule has 1 aromatic rings. The number of nitrogens with one attached hydrogen (secondary N) is 1. The maximum absolute atomic E-state index is 10.3. The molecule has 0 aliphatic carbocycles. The van der Waals surface area contributed by atoms with E-state index in [4.69, 9.17) is 10.1 Å². The topological polar surface area (TPSA) is 53.3 Å². The van der Waals surface area contributed by atoms with Gasteiger partial charge in [0.1, 0.15) is 11.9 Å². The standard InChI is InChI=1S/C15H21NO2/c1-4-15(3,17)14(10-12(2)11-16)18-13-8-6-5-7-9-13/h5-9,11,14,16-17H,2,4,10H2,1,3H3/t14-,15+/m1/s1. The number of rotatable bonds is 7. The van der Waals surface area contributed by atoms with Crippen molar-refractivity contribution in [2.24, 2.45) is 0 Å². The van der Waals surface area contributed by atoms with Gasteiger partial charge < -0.3 is 15.3 Å². The first kappa shape index (κ1) is 14.5. The zero-order valence-electron chi connectivity index (χ0n) is 11.0. The summed E-state index contributed by atoms with van der Waals surface area (Å²) in [6.07, 6.45) is 1.82. The SMILES string of the molecule is C=C(C=N)C[C@@H](Oc1ccccc1)[C@@](C)(O)CC. The van der Waals surface area contributed by atoms with Crippen molar-refractivity contribution in [3.63, 3.8) is 0 Å². The van der Waals surface area contributed by atoms with E-state index in [1.54, 1.807) is 6.92 Å². The van der Waals surface area contributed by atoms with Crippen molar-refractivity contribution in [2.45, 2.75) is 38.4 Å². The van der Waals surface area contributed by atoms with Crippen LogP contribution in [-0.2, 0) is 0 Å². The van der Waals surface area contributed by atoms with E-state index in [0.717, 1.165) is 0 Å². The van der Waals surface area contributed by atoms with E-state index < -0.39 is 11.7 Å². The Morgan fingerprint density at radius 2 is 2.11 bits per heavy atom. The van der Waals surface area contributed by atoms with Crippen molar-refractivity contribution in [2.75, 3.05) is 0 Å². The molecule has 0 bridgehead atoms. The molecule has 2 atom stereocenters. The molecule has 1 aromatic carbocycles. The van der Waals surface area contributed by atoms with Crippen molar-refractivity contribution in [1.29, 1.82) is 5.41 Å². The van der Waals surface area contributed by atoms with Crippen LogP contribution in [0.3, 0.4) is 0 Å². The fraction of sp³-hybridized carbons (Fsp3) is 0.400. The third kappa shape index (κ3) is 4.00. The lowest BCUT2D eigenvalue weighted by atomic mass is 9.91. The van der Waals surface area contributed by atoms with Gasteiger partial charge in [0.25, 0.3) is 0 Å². The summed E-state index contributed by atoms with van der Waals surface area (Å²) in [6, 6.07) is 9.39. The average Bonchev–Trinajstić information content (AvgIpc) is 2.39. The number of hydrogen-bond donors (Lipinski definition) is 2. The van der Waals surface area contributed by atoms with Gasteiger partial charge in [0.05, 0.1) is 5.60 Å². The first-order valence-corrected chi connectivity index (χ1v) is 6.12. The Kier molecular flexibility index (Phi) is 5.10. The highest BCUT2D eigenvalue weighted by Gasteiger charge is 2.32. The summed E-state index contributed by atoms with van der Waals surface area (Å²) >= 11 is 0. The highest BCUT2D eigenvalue weighted by Crippen LogP contribution is 2.25. The van der Waals surface area contributed by atoms with Crippen molar-refractivity contribution < 1.29 is 9.84 Å². The van der Waals surface area contributed by atoms with Crippen LogP contribution in [0.25, 0.3) is 0 Å². The summed E-state index contributed by atoms with van der Waals surface area (Å²) in [5.41, 5.74) is -0.299. The number of hydrogen-bond acceptors (Lipinski definition) is 3. The molecule has 0 aliphatic rings. The van der Waals surface area contributed by atoms with E-state index >= 15 is 0 Å². The minimum Gasteiger partial charge on any atom is -0.487 e. The molecule has 0 radical (unpaired) electrons. The van der Waals surface area contributed by atoms with Gasteiger partial charge in [-0.1, -0.05) is 31.7 Å². The van der Waals surface area contributed by atoms with Crippen molar-refractivity contribution >= 4 is 6.21 Å². The molecule has 0 aliphatic heterocycles. The third-order valence-corrected chi connectivity index (χ3v) is 3.08. The van der Waals surface area contributed by atoms with E-state index in [1.807, 2.05) is 37.3 Å². The number of benzene rings is 1. The molecule has 2 N–H and O–H groups in total. The smallest absolute Gasteiger partial charge is 0.131 e. The lowest BCUT2D eigenvalue weighted by Crippen LogP contribution is -2.43. The molecule has 3 nitrogen and oxygen atoms in total. The summed E-state index contributed by atoms with van der Waals surface area (Å²) in [4.78, 5) is 0. The lowest BCUT2D eigenvalue weighted by molar-refractivity contribution is -0.0492. The van der Waals surface area contributed by atoms with Crippen molar-refractivity contribution in [1.82, 2.24) is 0 Å². The first-order valence-electron chi connectivity index (χ1n) is 6.12. The van der Waals surface area contributed by atoms with Crippen LogP contribution in [0.5, 0.6) is 5.75 Å². The molecule has 0 saturated heterocycles. The highest BCUT2D eigenvalue weighted by atomic mass is 16.5. The maximum Gasteiger partial charge on any atom is 0.131 e. The van der Waals surface area contributed by atoms with Crippen LogP contribution in [0.4, 0.5) is 0 Å². The van der Waals surface area contributed by atoms with Crippen LogP contribution < -0.4 is 4.74 Å². The van der Waals surface area contributed by atoms with Gasteiger partial charge in [-0.3, -0.25) is 0 Å². The van der Waals surface area contributed by atoms with Crippen LogP contribution in [0.1, 0.15) is 26.7 Å². The van der Waals surface area contributed by atoms with Gasteiger partial charge in [0.15, 0.2) is 0 Å². The van der Waals surface area contributed by atoms with Crippen LogP contribution in [0, 0.1) is 5.41 Å². The molecule has 1 rings (SSSR count). The number of ether oxygens (including phenoxy) is 1. The van der Waals surface area contributed by atoms with E-state index in [1.165, 1.54) is 6.21 Å². The Morgan fingerprint density at radius 3 is 2.61 bits per heavy atom. The van der Waals surface area contributed by atoms with Gasteiger partial charge >= 0.3 is 0 Å². The van der Waals surface area contributed by atoms with Crippen LogP contribution in [0.15, 0.2) is 42.5 Å². The fourth-order valence-corrected chi connectivity index (χ4v) is 1.58. The van der Waals surface area contributed by atoms with Crippen LogP contribution >= 0.6 is 0 Å². The predicted molar refractivity (Wildman–Crippen MR) is 74.3 cm³/mol. The minimum atomic E-state index is -0.943. The Morgan fingerprint density at radius 1 is 1.50 bits per heavy atom. The lowest BCUT2D eigenvalue weighted by Gasteiger charge is -2.32. The minimum absolute atomic E-state index is 0.404. The molecule has 0 aromatic heterocycles. The third-order valence-electron chi connectivity index (χ3n) is 3.08. The molecule has 98 valence electrons. The zero-order valence-corrected chi connectivity index (χ0v) is 11.0. The second kappa shape index (κ2) is 6.36. The first-order chi connectivity index (χ1) is 8.49. The van der Waals surface area contributed by atoms with Gasteiger partial charge in [0, 0.05) is 12.6 Å². The summed E-state index contributed by atoms with van der Waals surface area (Å²) in [7, 11) is 0. The Labute approximate surface area is 109 Å². The summed E-state index contributed by atoms with van der Waals surface area (Å²) < 4.78 is 5.83. The van der Waals surface area contributed by atoms with Crippen LogP contribution in [0.2, 0.25) is 0 Å². The molecule has 0 heterocycles. The number of para-hydroxylation sites is 1. The summed E-state index contributed by atoms with van der Waals surface area (Å²) in [5.74, 6) is 0.717. The van der Waals surface area contributed by atoms with Gasteiger partial charge in [-0.2, -0.15) is 0 Å². The van der Waals surface area contributed by atoms with Gasteiger partial charge in [-0.05, 0) is 31.1 Å².